The standard InChI is InChI=1S/C19H17FN6O2/c1-19(2,22-3)10-28-18-13(20)6-12(8-25-18)14-9-24-17-16(26-14)11(7-23-17)4-5-15(21)27/h4-9H,10H2,1-2H3,(H2,21,27)(H,23,24)/b5-4+. The number of carbonyl (C=O) groups is 1. The molecular formula is C19H17FN6O2. The van der Waals surface area contributed by atoms with E-state index in [1.165, 1.54) is 30.6 Å². The van der Waals surface area contributed by atoms with Crippen molar-refractivity contribution in [3.63, 3.8) is 0 Å². The number of carbonyl (C=O) groups excluding carboxylic acids is 1. The highest BCUT2D eigenvalue weighted by Crippen LogP contribution is 2.25. The molecule has 0 saturated heterocycles. The van der Waals surface area contributed by atoms with Crippen LogP contribution in [0.25, 0.3) is 33.3 Å². The molecule has 3 aromatic rings. The van der Waals surface area contributed by atoms with Crippen LogP contribution in [0.3, 0.4) is 0 Å². The van der Waals surface area contributed by atoms with Gasteiger partial charge in [0.1, 0.15) is 5.52 Å². The van der Waals surface area contributed by atoms with Crippen molar-refractivity contribution in [2.75, 3.05) is 6.61 Å². The molecule has 0 bridgehead atoms. The average Bonchev–Trinajstić information content (AvgIpc) is 3.07. The van der Waals surface area contributed by atoms with Gasteiger partial charge in [0.05, 0.1) is 11.9 Å². The van der Waals surface area contributed by atoms with Crippen molar-refractivity contribution in [2.24, 2.45) is 5.73 Å². The van der Waals surface area contributed by atoms with Gasteiger partial charge in [-0.2, -0.15) is 0 Å². The third kappa shape index (κ3) is 4.12. The van der Waals surface area contributed by atoms with Gasteiger partial charge in [-0.1, -0.05) is 0 Å². The molecule has 1 amide bonds. The number of pyridine rings is 1. The quantitative estimate of drug-likeness (QED) is 0.504. The summed E-state index contributed by atoms with van der Waals surface area (Å²) in [4.78, 5) is 30.0. The molecule has 142 valence electrons. The van der Waals surface area contributed by atoms with Gasteiger partial charge in [-0.25, -0.2) is 25.9 Å². The second-order valence-corrected chi connectivity index (χ2v) is 6.66. The maximum Gasteiger partial charge on any atom is 0.260 e. The summed E-state index contributed by atoms with van der Waals surface area (Å²) in [7, 11) is 0. The zero-order chi connectivity index (χ0) is 20.3. The van der Waals surface area contributed by atoms with Crippen molar-refractivity contribution in [1.29, 1.82) is 0 Å². The SMILES string of the molecule is [C-]#[N+]C(C)(C)COc1ncc(-c2cnc3[nH]cc(/C=C/C(N)=O)c3n2)cc1F. The first-order valence-electron chi connectivity index (χ1n) is 8.28. The van der Waals surface area contributed by atoms with E-state index in [4.69, 9.17) is 17.0 Å². The summed E-state index contributed by atoms with van der Waals surface area (Å²) < 4.78 is 19.7. The number of amides is 1. The number of rotatable bonds is 6. The van der Waals surface area contributed by atoms with Crippen molar-refractivity contribution in [1.82, 2.24) is 19.9 Å². The van der Waals surface area contributed by atoms with Crippen LogP contribution in [0, 0.1) is 12.4 Å². The minimum atomic E-state index is -0.771. The Kier molecular flexibility index (Phi) is 5.04. The Hall–Kier alpha value is -3.80. The van der Waals surface area contributed by atoms with E-state index in [9.17, 15) is 9.18 Å². The summed E-state index contributed by atoms with van der Waals surface area (Å²) in [5.41, 5.74) is 6.81. The molecule has 3 rings (SSSR count). The van der Waals surface area contributed by atoms with Gasteiger partial charge in [0.15, 0.2) is 18.1 Å². The molecule has 3 N–H and O–H groups in total. The predicted molar refractivity (Wildman–Crippen MR) is 101 cm³/mol. The van der Waals surface area contributed by atoms with E-state index in [1.807, 2.05) is 0 Å². The number of nitrogens with one attached hydrogen (secondary N) is 1. The number of H-pyrrole nitrogens is 1. The summed E-state index contributed by atoms with van der Waals surface area (Å²) in [6.45, 7) is 10.5. The van der Waals surface area contributed by atoms with Crippen LogP contribution in [0.4, 0.5) is 4.39 Å². The largest absolute Gasteiger partial charge is 0.467 e. The lowest BCUT2D eigenvalue weighted by Crippen LogP contribution is -2.24. The molecule has 0 atom stereocenters. The molecule has 28 heavy (non-hydrogen) atoms. The zero-order valence-corrected chi connectivity index (χ0v) is 15.2. The predicted octanol–water partition coefficient (Wildman–Crippen LogP) is 2.73. The van der Waals surface area contributed by atoms with Crippen molar-refractivity contribution in [2.45, 2.75) is 19.4 Å². The second kappa shape index (κ2) is 7.44. The van der Waals surface area contributed by atoms with Crippen LogP contribution in [0.1, 0.15) is 19.4 Å². The lowest BCUT2D eigenvalue weighted by molar-refractivity contribution is -0.113. The molecule has 9 heteroatoms. The zero-order valence-electron chi connectivity index (χ0n) is 15.2. The highest BCUT2D eigenvalue weighted by Gasteiger charge is 2.25. The normalized spacial score (nSPS) is 11.6. The molecule has 0 aliphatic rings. The summed E-state index contributed by atoms with van der Waals surface area (Å²) in [5.74, 6) is -1.42. The Labute approximate surface area is 160 Å². The molecule has 8 nitrogen and oxygen atoms in total. The Morgan fingerprint density at radius 2 is 2.21 bits per heavy atom. The van der Waals surface area contributed by atoms with E-state index in [1.54, 1.807) is 20.0 Å². The molecule has 3 aromatic heterocycles. The van der Waals surface area contributed by atoms with E-state index < -0.39 is 17.3 Å². The maximum absolute atomic E-state index is 14.4. The maximum atomic E-state index is 14.4. The number of fused-ring (bicyclic) bond motifs is 1. The first-order valence-corrected chi connectivity index (χ1v) is 8.28. The van der Waals surface area contributed by atoms with Crippen LogP contribution in [0.5, 0.6) is 5.88 Å². The van der Waals surface area contributed by atoms with Gasteiger partial charge in [0, 0.05) is 43.4 Å². The van der Waals surface area contributed by atoms with Gasteiger partial charge < -0.3 is 20.3 Å². The second-order valence-electron chi connectivity index (χ2n) is 6.66. The van der Waals surface area contributed by atoms with Crippen molar-refractivity contribution < 1.29 is 13.9 Å². The van der Waals surface area contributed by atoms with Crippen molar-refractivity contribution in [3.05, 3.63) is 53.5 Å². The highest BCUT2D eigenvalue weighted by atomic mass is 19.1. The minimum absolute atomic E-state index is 0.0183. The smallest absolute Gasteiger partial charge is 0.260 e. The van der Waals surface area contributed by atoms with Crippen LogP contribution < -0.4 is 10.5 Å². The third-order valence-corrected chi connectivity index (χ3v) is 3.81. The Morgan fingerprint density at radius 3 is 2.89 bits per heavy atom. The van der Waals surface area contributed by atoms with Gasteiger partial charge >= 0.3 is 0 Å². The van der Waals surface area contributed by atoms with Gasteiger partial charge in [-0.05, 0) is 12.1 Å². The number of hydrogen-bond acceptors (Lipinski definition) is 5. The number of nitrogens with two attached hydrogens (primary N) is 1. The molecule has 0 fully saturated rings. The molecule has 3 heterocycles. The fourth-order valence-electron chi connectivity index (χ4n) is 2.30. The van der Waals surface area contributed by atoms with E-state index in [0.717, 1.165) is 0 Å². The van der Waals surface area contributed by atoms with Gasteiger partial charge in [0.25, 0.3) is 11.4 Å². The molecule has 0 spiro atoms. The Balaban J connectivity index is 1.90. The topological polar surface area (TPSA) is 111 Å². The van der Waals surface area contributed by atoms with Crippen molar-refractivity contribution >= 4 is 23.1 Å². The minimum Gasteiger partial charge on any atom is -0.467 e. The van der Waals surface area contributed by atoms with E-state index in [2.05, 4.69) is 24.8 Å². The molecule has 0 aromatic carbocycles. The molecule has 0 aliphatic carbocycles. The molecular weight excluding hydrogens is 363 g/mol. The Morgan fingerprint density at radius 1 is 1.43 bits per heavy atom. The van der Waals surface area contributed by atoms with Gasteiger partial charge in [-0.15, -0.1) is 0 Å². The van der Waals surface area contributed by atoms with Crippen LogP contribution in [0.2, 0.25) is 0 Å². The van der Waals surface area contributed by atoms with E-state index in [0.29, 0.717) is 28.0 Å². The van der Waals surface area contributed by atoms with E-state index >= 15 is 0 Å². The van der Waals surface area contributed by atoms with Crippen LogP contribution in [-0.2, 0) is 4.79 Å². The average molecular weight is 380 g/mol. The first kappa shape index (κ1) is 19.0. The summed E-state index contributed by atoms with van der Waals surface area (Å²) in [6.07, 6.45) is 7.29. The summed E-state index contributed by atoms with van der Waals surface area (Å²) >= 11 is 0. The fourth-order valence-corrected chi connectivity index (χ4v) is 2.30. The van der Waals surface area contributed by atoms with Crippen LogP contribution in [0.15, 0.2) is 30.7 Å². The third-order valence-electron chi connectivity index (χ3n) is 3.81. The lowest BCUT2D eigenvalue weighted by Gasteiger charge is -2.12. The number of halogens is 1. The highest BCUT2D eigenvalue weighted by molar-refractivity contribution is 5.93. The monoisotopic (exact) mass is 380 g/mol. The fraction of sp³-hybridized carbons (Fsp3) is 0.211. The molecule has 0 radical (unpaired) electrons. The summed E-state index contributed by atoms with van der Waals surface area (Å²) in [6, 6.07) is 1.24. The van der Waals surface area contributed by atoms with Gasteiger partial charge in [0.2, 0.25) is 5.91 Å². The molecule has 0 saturated carbocycles. The van der Waals surface area contributed by atoms with Crippen molar-refractivity contribution in [3.8, 4) is 17.1 Å². The van der Waals surface area contributed by atoms with Gasteiger partial charge in [-0.3, -0.25) is 4.79 Å². The number of nitrogens with zero attached hydrogens (tertiary/aromatic N) is 4. The molecule has 0 unspecified atom stereocenters. The van der Waals surface area contributed by atoms with E-state index in [-0.39, 0.29) is 12.5 Å². The Bertz CT molecular complexity index is 1110. The number of hydrogen-bond donors (Lipinski definition) is 2. The number of aromatic amines is 1. The number of primary amides is 1. The summed E-state index contributed by atoms with van der Waals surface area (Å²) in [5, 5.41) is 0. The van der Waals surface area contributed by atoms with Crippen LogP contribution >= 0.6 is 0 Å². The molecule has 0 aliphatic heterocycles. The first-order chi connectivity index (χ1) is 13.3. The number of aromatic nitrogens is 4. The number of ether oxygens (including phenoxy) is 1. The van der Waals surface area contributed by atoms with Crippen LogP contribution in [-0.4, -0.2) is 38.0 Å². The lowest BCUT2D eigenvalue weighted by atomic mass is 10.1.